The lowest BCUT2D eigenvalue weighted by Gasteiger charge is -2.06. The zero-order valence-electron chi connectivity index (χ0n) is 17.0. The van der Waals surface area contributed by atoms with Crippen molar-refractivity contribution in [3.8, 4) is 0 Å². The first kappa shape index (κ1) is 22.8. The van der Waals surface area contributed by atoms with Gasteiger partial charge in [-0.05, 0) is 48.0 Å². The van der Waals surface area contributed by atoms with Gasteiger partial charge in [0.05, 0.1) is 22.4 Å². The van der Waals surface area contributed by atoms with Crippen molar-refractivity contribution in [2.45, 2.75) is 27.1 Å². The van der Waals surface area contributed by atoms with Crippen molar-refractivity contribution in [1.29, 1.82) is 0 Å². The normalized spacial score (nSPS) is 11.2. The van der Waals surface area contributed by atoms with Crippen molar-refractivity contribution < 1.29 is 4.79 Å². The monoisotopic (exact) mass is 555 g/mol. The SMILES string of the molecule is Cc1nn(Cn2ccc(C(=O)Nc3nn(Cc4c(Cl)cccc4Cl)cc3Cl)n2)c(C)c1Br. The topological polar surface area (TPSA) is 82.6 Å². The molecule has 0 aliphatic heterocycles. The summed E-state index contributed by atoms with van der Waals surface area (Å²) in [5.41, 5.74) is 2.80. The summed E-state index contributed by atoms with van der Waals surface area (Å²) in [5, 5.41) is 17.1. The van der Waals surface area contributed by atoms with Crippen LogP contribution in [0.15, 0.2) is 41.1 Å². The first-order valence-electron chi connectivity index (χ1n) is 9.43. The van der Waals surface area contributed by atoms with E-state index in [9.17, 15) is 4.79 Å². The Morgan fingerprint density at radius 2 is 1.75 bits per heavy atom. The van der Waals surface area contributed by atoms with Gasteiger partial charge in [-0.3, -0.25) is 14.2 Å². The number of carbonyl (C=O) groups is 1. The molecule has 0 unspecified atom stereocenters. The fourth-order valence-corrected chi connectivity index (χ4v) is 4.09. The second kappa shape index (κ2) is 9.27. The Bertz CT molecular complexity index is 1290. The van der Waals surface area contributed by atoms with Crippen molar-refractivity contribution in [1.82, 2.24) is 29.3 Å². The minimum Gasteiger partial charge on any atom is -0.302 e. The van der Waals surface area contributed by atoms with E-state index in [-0.39, 0.29) is 16.5 Å². The number of anilines is 1. The Kier molecular flexibility index (Phi) is 6.62. The van der Waals surface area contributed by atoms with Crippen molar-refractivity contribution in [3.63, 3.8) is 0 Å². The molecule has 0 atom stereocenters. The maximum Gasteiger partial charge on any atom is 0.277 e. The van der Waals surface area contributed by atoms with Gasteiger partial charge in [0.1, 0.15) is 11.7 Å². The molecule has 4 aromatic rings. The van der Waals surface area contributed by atoms with Gasteiger partial charge in [0.15, 0.2) is 11.5 Å². The number of nitrogens with zero attached hydrogens (tertiary/aromatic N) is 6. The van der Waals surface area contributed by atoms with E-state index in [4.69, 9.17) is 34.8 Å². The van der Waals surface area contributed by atoms with Crippen LogP contribution in [0.5, 0.6) is 0 Å². The summed E-state index contributed by atoms with van der Waals surface area (Å²) in [5.74, 6) is -0.210. The summed E-state index contributed by atoms with van der Waals surface area (Å²) in [6, 6.07) is 6.88. The third kappa shape index (κ3) is 4.71. The lowest BCUT2D eigenvalue weighted by molar-refractivity contribution is 0.102. The van der Waals surface area contributed by atoms with Gasteiger partial charge in [0.25, 0.3) is 5.91 Å². The van der Waals surface area contributed by atoms with E-state index in [0.29, 0.717) is 28.8 Å². The first-order valence-corrected chi connectivity index (χ1v) is 11.4. The average Bonchev–Trinajstić information content (AvgIpc) is 3.41. The molecular formula is C20H17BrCl3N7O. The highest BCUT2D eigenvalue weighted by atomic mass is 79.9. The molecule has 1 N–H and O–H groups in total. The maximum atomic E-state index is 12.7. The summed E-state index contributed by atoms with van der Waals surface area (Å²) >= 11 is 22.2. The lowest BCUT2D eigenvalue weighted by Crippen LogP contribution is -2.16. The van der Waals surface area contributed by atoms with Gasteiger partial charge in [0, 0.05) is 28.0 Å². The van der Waals surface area contributed by atoms with E-state index in [1.54, 1.807) is 50.7 Å². The van der Waals surface area contributed by atoms with E-state index in [0.717, 1.165) is 15.9 Å². The zero-order chi connectivity index (χ0) is 23.0. The van der Waals surface area contributed by atoms with Crippen LogP contribution in [0.1, 0.15) is 27.4 Å². The second-order valence-corrected chi connectivity index (χ2v) is 9.06. The fourth-order valence-electron chi connectivity index (χ4n) is 3.09. The van der Waals surface area contributed by atoms with Gasteiger partial charge in [-0.15, -0.1) is 0 Å². The first-order chi connectivity index (χ1) is 15.2. The van der Waals surface area contributed by atoms with Crippen LogP contribution in [-0.2, 0) is 13.2 Å². The largest absolute Gasteiger partial charge is 0.302 e. The Hall–Kier alpha value is -2.33. The van der Waals surface area contributed by atoms with Crippen LogP contribution in [0.4, 0.5) is 5.82 Å². The highest BCUT2D eigenvalue weighted by molar-refractivity contribution is 9.10. The number of benzene rings is 1. The van der Waals surface area contributed by atoms with Crippen LogP contribution in [0, 0.1) is 13.8 Å². The number of aromatic nitrogens is 6. The molecule has 3 heterocycles. The molecule has 4 rings (SSSR count). The fraction of sp³-hybridized carbons (Fsp3) is 0.200. The smallest absolute Gasteiger partial charge is 0.277 e. The van der Waals surface area contributed by atoms with E-state index in [1.165, 1.54) is 0 Å². The summed E-state index contributed by atoms with van der Waals surface area (Å²) in [7, 11) is 0. The predicted molar refractivity (Wildman–Crippen MR) is 128 cm³/mol. The number of carbonyl (C=O) groups excluding carboxylic acids is 1. The second-order valence-electron chi connectivity index (χ2n) is 7.04. The third-order valence-corrected chi connectivity index (χ3v) is 6.91. The van der Waals surface area contributed by atoms with Gasteiger partial charge in [-0.2, -0.15) is 15.3 Å². The van der Waals surface area contributed by atoms with Crippen LogP contribution >= 0.6 is 50.7 Å². The van der Waals surface area contributed by atoms with E-state index < -0.39 is 5.91 Å². The van der Waals surface area contributed by atoms with Gasteiger partial charge in [-0.25, -0.2) is 4.68 Å². The molecule has 166 valence electrons. The number of halogens is 4. The number of amides is 1. The molecule has 3 aromatic heterocycles. The molecule has 12 heteroatoms. The molecule has 1 aromatic carbocycles. The Balaban J connectivity index is 1.46. The molecular weight excluding hydrogens is 541 g/mol. The van der Waals surface area contributed by atoms with Gasteiger partial charge < -0.3 is 5.32 Å². The molecule has 0 aliphatic rings. The predicted octanol–water partition coefficient (Wildman–Crippen LogP) is 5.42. The number of hydrogen-bond acceptors (Lipinski definition) is 4. The Morgan fingerprint density at radius 3 is 2.41 bits per heavy atom. The molecule has 0 radical (unpaired) electrons. The number of rotatable bonds is 6. The summed E-state index contributed by atoms with van der Waals surface area (Å²) in [4.78, 5) is 12.7. The summed E-state index contributed by atoms with van der Waals surface area (Å²) in [6.07, 6.45) is 3.30. The Morgan fingerprint density at radius 1 is 1.03 bits per heavy atom. The zero-order valence-corrected chi connectivity index (χ0v) is 20.8. The molecule has 0 saturated heterocycles. The van der Waals surface area contributed by atoms with Crippen molar-refractivity contribution in [2.24, 2.45) is 0 Å². The van der Waals surface area contributed by atoms with Gasteiger partial charge in [-0.1, -0.05) is 40.9 Å². The van der Waals surface area contributed by atoms with Crippen molar-refractivity contribution >= 4 is 62.5 Å². The highest BCUT2D eigenvalue weighted by Crippen LogP contribution is 2.27. The van der Waals surface area contributed by atoms with Crippen LogP contribution in [0.3, 0.4) is 0 Å². The maximum absolute atomic E-state index is 12.7. The number of aryl methyl sites for hydroxylation is 1. The van der Waals surface area contributed by atoms with Crippen LogP contribution < -0.4 is 5.32 Å². The van der Waals surface area contributed by atoms with Crippen LogP contribution in [0.2, 0.25) is 15.1 Å². The van der Waals surface area contributed by atoms with Crippen LogP contribution in [0.25, 0.3) is 0 Å². The molecule has 0 spiro atoms. The van der Waals surface area contributed by atoms with E-state index >= 15 is 0 Å². The standard InChI is InChI=1S/C20H17BrCl3N7O/c1-11-18(21)12(2)31(26-11)10-29-7-6-17(27-29)20(32)25-19-16(24)9-30(28-19)8-13-14(22)4-3-5-15(13)23/h3-7,9H,8,10H2,1-2H3,(H,25,28,32). The number of hydrogen-bond donors (Lipinski definition) is 1. The van der Waals surface area contributed by atoms with Crippen LogP contribution in [-0.4, -0.2) is 35.2 Å². The quantitative estimate of drug-likeness (QED) is 0.343. The van der Waals surface area contributed by atoms with E-state index in [1.807, 2.05) is 13.8 Å². The number of nitrogens with one attached hydrogen (secondary N) is 1. The minimum atomic E-state index is -0.429. The summed E-state index contributed by atoms with van der Waals surface area (Å²) < 4.78 is 5.93. The average molecular weight is 558 g/mol. The third-order valence-electron chi connectivity index (χ3n) is 4.78. The molecule has 0 bridgehead atoms. The van der Waals surface area contributed by atoms with Crippen molar-refractivity contribution in [3.05, 3.63) is 78.8 Å². The lowest BCUT2D eigenvalue weighted by atomic mass is 10.2. The van der Waals surface area contributed by atoms with Gasteiger partial charge >= 0.3 is 0 Å². The minimum absolute atomic E-state index is 0.219. The molecule has 8 nitrogen and oxygen atoms in total. The van der Waals surface area contributed by atoms with Crippen molar-refractivity contribution in [2.75, 3.05) is 5.32 Å². The highest BCUT2D eigenvalue weighted by Gasteiger charge is 2.17. The molecule has 0 fully saturated rings. The molecule has 0 aliphatic carbocycles. The summed E-state index contributed by atoms with van der Waals surface area (Å²) in [6.45, 7) is 4.55. The Labute approximate surface area is 207 Å². The van der Waals surface area contributed by atoms with E-state index in [2.05, 4.69) is 36.5 Å². The van der Waals surface area contributed by atoms with Gasteiger partial charge in [0.2, 0.25) is 0 Å². The molecule has 32 heavy (non-hydrogen) atoms. The molecule has 1 amide bonds. The molecule has 0 saturated carbocycles.